The number of piperidine rings is 1. The highest BCUT2D eigenvalue weighted by Crippen LogP contribution is 2.17. The Morgan fingerprint density at radius 2 is 2.12 bits per heavy atom. The fraction of sp³-hybridized carbons (Fsp3) is 0.417. The Labute approximate surface area is 95.0 Å². The van der Waals surface area contributed by atoms with Gasteiger partial charge in [0, 0.05) is 12.2 Å². The minimum atomic E-state index is -0.109. The van der Waals surface area contributed by atoms with Crippen LogP contribution < -0.4 is 15.4 Å². The highest BCUT2D eigenvalue weighted by Gasteiger charge is 2.21. The summed E-state index contributed by atoms with van der Waals surface area (Å²) < 4.78 is 5.07. The molecule has 16 heavy (non-hydrogen) atoms. The van der Waals surface area contributed by atoms with E-state index in [-0.39, 0.29) is 11.9 Å². The summed E-state index contributed by atoms with van der Waals surface area (Å²) in [7, 11) is 1.64. The van der Waals surface area contributed by atoms with E-state index in [9.17, 15) is 4.79 Å². The van der Waals surface area contributed by atoms with Crippen molar-refractivity contribution < 1.29 is 9.53 Å². The lowest BCUT2D eigenvalue weighted by Crippen LogP contribution is -2.44. The minimum Gasteiger partial charge on any atom is -0.497 e. The van der Waals surface area contributed by atoms with Crippen molar-refractivity contribution in [1.29, 1.82) is 0 Å². The number of hydrogen-bond acceptors (Lipinski definition) is 3. The first-order valence-corrected chi connectivity index (χ1v) is 5.48. The summed E-state index contributed by atoms with van der Waals surface area (Å²) >= 11 is 0. The number of benzene rings is 1. The van der Waals surface area contributed by atoms with E-state index < -0.39 is 0 Å². The lowest BCUT2D eigenvalue weighted by atomic mass is 10.1. The average Bonchev–Trinajstić information content (AvgIpc) is 2.33. The monoisotopic (exact) mass is 220 g/mol. The van der Waals surface area contributed by atoms with E-state index in [1.54, 1.807) is 7.11 Å². The van der Waals surface area contributed by atoms with E-state index in [2.05, 4.69) is 10.6 Å². The Bertz CT molecular complexity index is 362. The zero-order chi connectivity index (χ0) is 11.4. The molecule has 0 aliphatic carbocycles. The summed E-state index contributed by atoms with van der Waals surface area (Å²) in [5.41, 5.74) is 0.947. The maximum atomic E-state index is 11.5. The van der Waals surface area contributed by atoms with Gasteiger partial charge in [0.2, 0.25) is 5.91 Å². The third-order valence-electron chi connectivity index (χ3n) is 2.72. The van der Waals surface area contributed by atoms with Crippen LogP contribution in [0.1, 0.15) is 12.8 Å². The summed E-state index contributed by atoms with van der Waals surface area (Å²) in [6.07, 6.45) is 1.91. The summed E-state index contributed by atoms with van der Waals surface area (Å²) in [5, 5.41) is 6.06. The highest BCUT2D eigenvalue weighted by molar-refractivity contribution is 5.85. The van der Waals surface area contributed by atoms with E-state index in [4.69, 9.17) is 4.74 Å². The van der Waals surface area contributed by atoms with Crippen LogP contribution >= 0.6 is 0 Å². The van der Waals surface area contributed by atoms with E-state index in [0.29, 0.717) is 0 Å². The smallest absolute Gasteiger partial charge is 0.242 e. The number of nitrogens with one attached hydrogen (secondary N) is 2. The number of rotatable bonds is 3. The van der Waals surface area contributed by atoms with E-state index in [0.717, 1.165) is 30.8 Å². The zero-order valence-corrected chi connectivity index (χ0v) is 9.32. The first-order chi connectivity index (χ1) is 7.79. The number of amides is 1. The Balaban J connectivity index is 1.99. The summed E-state index contributed by atoms with van der Waals surface area (Å²) in [6.45, 7) is 0.791. The van der Waals surface area contributed by atoms with E-state index in [1.807, 2.05) is 24.3 Å². The zero-order valence-electron chi connectivity index (χ0n) is 9.32. The number of hydrogen-bond donors (Lipinski definition) is 2. The highest BCUT2D eigenvalue weighted by atomic mass is 16.5. The molecule has 0 saturated carbocycles. The van der Waals surface area contributed by atoms with Crippen LogP contribution in [0, 0.1) is 0 Å². The molecular formula is C12H16N2O2. The maximum absolute atomic E-state index is 11.5. The van der Waals surface area contributed by atoms with Crippen molar-refractivity contribution in [1.82, 2.24) is 5.32 Å². The number of ether oxygens (including phenoxy) is 1. The molecule has 0 bridgehead atoms. The molecule has 1 aliphatic heterocycles. The number of carbonyl (C=O) groups excluding carboxylic acids is 1. The quantitative estimate of drug-likeness (QED) is 0.809. The van der Waals surface area contributed by atoms with Gasteiger partial charge in [0.1, 0.15) is 11.8 Å². The van der Waals surface area contributed by atoms with Crippen molar-refractivity contribution in [2.75, 3.05) is 19.0 Å². The maximum Gasteiger partial charge on any atom is 0.242 e. The molecule has 1 aliphatic rings. The van der Waals surface area contributed by atoms with Crippen LogP contribution in [-0.4, -0.2) is 25.6 Å². The molecular weight excluding hydrogens is 204 g/mol. The van der Waals surface area contributed by atoms with Gasteiger partial charge in [-0.1, -0.05) is 0 Å². The predicted octanol–water partition coefficient (Wildman–Crippen LogP) is 1.39. The normalized spacial score (nSPS) is 20.1. The Morgan fingerprint density at radius 1 is 1.38 bits per heavy atom. The van der Waals surface area contributed by atoms with Crippen LogP contribution in [0.5, 0.6) is 5.75 Å². The summed E-state index contributed by atoms with van der Waals surface area (Å²) in [4.78, 5) is 11.5. The van der Waals surface area contributed by atoms with E-state index in [1.165, 1.54) is 0 Å². The number of methoxy groups -OCH3 is 1. The third kappa shape index (κ3) is 2.45. The average molecular weight is 220 g/mol. The van der Waals surface area contributed by atoms with Gasteiger partial charge in [-0.2, -0.15) is 0 Å². The molecule has 1 aromatic rings. The van der Waals surface area contributed by atoms with Gasteiger partial charge in [0.15, 0.2) is 0 Å². The first kappa shape index (κ1) is 10.8. The third-order valence-corrected chi connectivity index (χ3v) is 2.72. The molecule has 1 aromatic carbocycles. The lowest BCUT2D eigenvalue weighted by Gasteiger charge is -2.23. The van der Waals surface area contributed by atoms with Gasteiger partial charge >= 0.3 is 0 Å². The van der Waals surface area contributed by atoms with Crippen molar-refractivity contribution in [3.63, 3.8) is 0 Å². The van der Waals surface area contributed by atoms with Crippen molar-refractivity contribution >= 4 is 11.6 Å². The van der Waals surface area contributed by atoms with Crippen LogP contribution in [0.3, 0.4) is 0 Å². The topological polar surface area (TPSA) is 50.4 Å². The molecule has 1 saturated heterocycles. The summed E-state index contributed by atoms with van der Waals surface area (Å²) in [5.74, 6) is 0.903. The Morgan fingerprint density at radius 3 is 2.75 bits per heavy atom. The molecule has 0 aromatic heterocycles. The van der Waals surface area contributed by atoms with Crippen LogP contribution in [0.15, 0.2) is 24.3 Å². The molecule has 1 amide bonds. The van der Waals surface area contributed by atoms with Crippen LogP contribution in [0.25, 0.3) is 0 Å². The van der Waals surface area contributed by atoms with Gasteiger partial charge in [0.25, 0.3) is 0 Å². The number of carbonyl (C=O) groups is 1. The molecule has 4 heteroatoms. The Kier molecular flexibility index (Phi) is 3.29. The number of anilines is 1. The van der Waals surface area contributed by atoms with Gasteiger partial charge in [0.05, 0.1) is 7.11 Å². The Hall–Kier alpha value is -1.71. The van der Waals surface area contributed by atoms with E-state index >= 15 is 0 Å². The van der Waals surface area contributed by atoms with Crippen molar-refractivity contribution in [2.45, 2.75) is 18.9 Å². The second-order valence-electron chi connectivity index (χ2n) is 3.86. The molecule has 1 atom stereocenters. The second-order valence-corrected chi connectivity index (χ2v) is 3.86. The molecule has 4 nitrogen and oxygen atoms in total. The van der Waals surface area contributed by atoms with Gasteiger partial charge in [-0.05, 0) is 37.1 Å². The molecule has 0 radical (unpaired) electrons. The largest absolute Gasteiger partial charge is 0.497 e. The molecule has 2 N–H and O–H groups in total. The van der Waals surface area contributed by atoms with Crippen LogP contribution in [0.4, 0.5) is 5.69 Å². The van der Waals surface area contributed by atoms with Crippen LogP contribution in [-0.2, 0) is 4.79 Å². The second kappa shape index (κ2) is 4.88. The van der Waals surface area contributed by atoms with Crippen molar-refractivity contribution in [3.8, 4) is 5.75 Å². The minimum absolute atomic E-state index is 0.0852. The van der Waals surface area contributed by atoms with Crippen molar-refractivity contribution in [2.24, 2.45) is 0 Å². The standard InChI is InChI=1S/C12H16N2O2/c1-16-10-6-4-9(5-7-10)14-11-3-2-8-13-12(11)15/h4-7,11,14H,2-3,8H2,1H3,(H,13,15). The van der Waals surface area contributed by atoms with Gasteiger partial charge < -0.3 is 15.4 Å². The molecule has 0 spiro atoms. The molecule has 1 unspecified atom stereocenters. The SMILES string of the molecule is COc1ccc(NC2CCCNC2=O)cc1. The van der Waals surface area contributed by atoms with Gasteiger partial charge in [-0.15, -0.1) is 0 Å². The predicted molar refractivity (Wildman–Crippen MR) is 62.6 cm³/mol. The van der Waals surface area contributed by atoms with Crippen molar-refractivity contribution in [3.05, 3.63) is 24.3 Å². The van der Waals surface area contributed by atoms with Crippen LogP contribution in [0.2, 0.25) is 0 Å². The first-order valence-electron chi connectivity index (χ1n) is 5.48. The fourth-order valence-electron chi connectivity index (χ4n) is 1.80. The summed E-state index contributed by atoms with van der Waals surface area (Å²) in [6, 6.07) is 7.48. The van der Waals surface area contributed by atoms with Gasteiger partial charge in [-0.3, -0.25) is 4.79 Å². The van der Waals surface area contributed by atoms with Gasteiger partial charge in [-0.25, -0.2) is 0 Å². The lowest BCUT2D eigenvalue weighted by molar-refractivity contribution is -0.123. The molecule has 1 fully saturated rings. The fourth-order valence-corrected chi connectivity index (χ4v) is 1.80. The molecule has 2 rings (SSSR count). The molecule has 1 heterocycles. The molecule has 86 valence electrons.